The molecule has 10 heteroatoms. The fourth-order valence-electron chi connectivity index (χ4n) is 3.19. The largest absolute Gasteiger partial charge is 0.326 e. The van der Waals surface area contributed by atoms with Gasteiger partial charge in [0.2, 0.25) is 5.91 Å². The number of carbonyl (C=O) groups excluding carboxylic acids is 1. The molecule has 8 nitrogen and oxygen atoms in total. The Bertz CT molecular complexity index is 1110. The van der Waals surface area contributed by atoms with E-state index in [1.807, 2.05) is 19.1 Å². The predicted molar refractivity (Wildman–Crippen MR) is 111 cm³/mol. The van der Waals surface area contributed by atoms with E-state index in [9.17, 15) is 13.2 Å². The SMILES string of the molecule is Cc1nc(-c2ccc(NC(=O)Cc3ccc(S(=O)(=O)N4CCCC4)s3)cc2)n[nH]1. The maximum absolute atomic E-state index is 12.6. The van der Waals surface area contributed by atoms with Gasteiger partial charge in [0.1, 0.15) is 10.0 Å². The number of rotatable bonds is 6. The average Bonchev–Trinajstić information content (AvgIpc) is 3.44. The van der Waals surface area contributed by atoms with Crippen molar-refractivity contribution in [3.05, 3.63) is 47.1 Å². The molecule has 0 atom stereocenters. The summed E-state index contributed by atoms with van der Waals surface area (Å²) in [5.41, 5.74) is 1.51. The van der Waals surface area contributed by atoms with E-state index >= 15 is 0 Å². The zero-order chi connectivity index (χ0) is 20.4. The zero-order valence-electron chi connectivity index (χ0n) is 15.9. The van der Waals surface area contributed by atoms with Gasteiger partial charge >= 0.3 is 0 Å². The van der Waals surface area contributed by atoms with E-state index in [0.29, 0.717) is 33.7 Å². The number of thiophene rings is 1. The highest BCUT2D eigenvalue weighted by Crippen LogP contribution is 2.28. The molecule has 0 unspecified atom stereocenters. The van der Waals surface area contributed by atoms with Crippen molar-refractivity contribution in [2.75, 3.05) is 18.4 Å². The maximum Gasteiger partial charge on any atom is 0.252 e. The Hall–Kier alpha value is -2.56. The van der Waals surface area contributed by atoms with E-state index in [0.717, 1.165) is 35.6 Å². The van der Waals surface area contributed by atoms with Gasteiger partial charge < -0.3 is 5.32 Å². The Labute approximate surface area is 173 Å². The van der Waals surface area contributed by atoms with Crippen molar-refractivity contribution < 1.29 is 13.2 Å². The van der Waals surface area contributed by atoms with Crippen LogP contribution in [0.5, 0.6) is 0 Å². The molecule has 3 aromatic rings. The molecule has 1 aromatic carbocycles. The Morgan fingerprint density at radius 3 is 2.55 bits per heavy atom. The number of sulfonamides is 1. The molecule has 0 spiro atoms. The number of hydrogen-bond donors (Lipinski definition) is 2. The summed E-state index contributed by atoms with van der Waals surface area (Å²) in [6.45, 7) is 2.97. The molecule has 2 aromatic heterocycles. The second-order valence-electron chi connectivity index (χ2n) is 6.88. The first-order chi connectivity index (χ1) is 13.9. The lowest BCUT2D eigenvalue weighted by molar-refractivity contribution is -0.115. The number of benzene rings is 1. The normalized spacial score (nSPS) is 14.9. The van der Waals surface area contributed by atoms with Gasteiger partial charge in [-0.05, 0) is 56.2 Å². The van der Waals surface area contributed by atoms with Gasteiger partial charge in [0, 0.05) is 29.2 Å². The topological polar surface area (TPSA) is 108 Å². The highest BCUT2D eigenvalue weighted by Gasteiger charge is 2.28. The van der Waals surface area contributed by atoms with E-state index in [-0.39, 0.29) is 12.3 Å². The highest BCUT2D eigenvalue weighted by molar-refractivity contribution is 7.91. The van der Waals surface area contributed by atoms with Crippen LogP contribution in [0.3, 0.4) is 0 Å². The Morgan fingerprint density at radius 1 is 1.17 bits per heavy atom. The summed E-state index contributed by atoms with van der Waals surface area (Å²) in [6, 6.07) is 10.6. The summed E-state index contributed by atoms with van der Waals surface area (Å²) < 4.78 is 27.0. The number of aromatic amines is 1. The molecule has 0 radical (unpaired) electrons. The number of anilines is 1. The minimum absolute atomic E-state index is 0.127. The van der Waals surface area contributed by atoms with E-state index in [4.69, 9.17) is 0 Å². The lowest BCUT2D eigenvalue weighted by Crippen LogP contribution is -2.27. The number of amides is 1. The van der Waals surface area contributed by atoms with Crippen molar-refractivity contribution in [2.24, 2.45) is 0 Å². The van der Waals surface area contributed by atoms with Crippen molar-refractivity contribution in [1.29, 1.82) is 0 Å². The van der Waals surface area contributed by atoms with Gasteiger partial charge in [-0.1, -0.05) is 0 Å². The van der Waals surface area contributed by atoms with Crippen molar-refractivity contribution >= 4 is 33.0 Å². The molecule has 4 rings (SSSR count). The highest BCUT2D eigenvalue weighted by atomic mass is 32.2. The van der Waals surface area contributed by atoms with Gasteiger partial charge in [0.05, 0.1) is 6.42 Å². The molecule has 2 N–H and O–H groups in total. The smallest absolute Gasteiger partial charge is 0.252 e. The zero-order valence-corrected chi connectivity index (χ0v) is 17.5. The molecule has 0 bridgehead atoms. The van der Waals surface area contributed by atoms with Crippen molar-refractivity contribution in [1.82, 2.24) is 19.5 Å². The van der Waals surface area contributed by atoms with Crippen molar-refractivity contribution in [3.8, 4) is 11.4 Å². The first kappa shape index (κ1) is 19.7. The Kier molecular flexibility index (Phi) is 5.48. The molecule has 1 saturated heterocycles. The van der Waals surface area contributed by atoms with Crippen LogP contribution in [0.4, 0.5) is 5.69 Å². The molecule has 0 saturated carbocycles. The van der Waals surface area contributed by atoms with Gasteiger partial charge in [-0.15, -0.1) is 11.3 Å². The molecule has 1 fully saturated rings. The van der Waals surface area contributed by atoms with Crippen molar-refractivity contribution in [2.45, 2.75) is 30.4 Å². The second-order valence-corrected chi connectivity index (χ2v) is 10.2. The number of nitrogens with one attached hydrogen (secondary N) is 2. The number of aryl methyl sites for hydroxylation is 1. The van der Waals surface area contributed by atoms with Gasteiger partial charge in [0.15, 0.2) is 5.82 Å². The molecule has 0 aliphatic carbocycles. The van der Waals surface area contributed by atoms with E-state index in [1.165, 1.54) is 4.31 Å². The van der Waals surface area contributed by atoms with Crippen LogP contribution in [0.25, 0.3) is 11.4 Å². The average molecular weight is 432 g/mol. The van der Waals surface area contributed by atoms with Crippen LogP contribution in [0.15, 0.2) is 40.6 Å². The lowest BCUT2D eigenvalue weighted by atomic mass is 10.2. The molecule has 1 aliphatic rings. The van der Waals surface area contributed by atoms with Crippen LogP contribution in [0, 0.1) is 6.92 Å². The predicted octanol–water partition coefficient (Wildman–Crippen LogP) is 2.81. The van der Waals surface area contributed by atoms with Gasteiger partial charge in [-0.3, -0.25) is 9.89 Å². The number of carbonyl (C=O) groups is 1. The van der Waals surface area contributed by atoms with Crippen molar-refractivity contribution in [3.63, 3.8) is 0 Å². The number of hydrogen-bond acceptors (Lipinski definition) is 6. The quantitative estimate of drug-likeness (QED) is 0.624. The van der Waals surface area contributed by atoms with E-state index in [2.05, 4.69) is 20.5 Å². The van der Waals surface area contributed by atoms with Crippen LogP contribution in [-0.4, -0.2) is 46.9 Å². The van der Waals surface area contributed by atoms with Crippen LogP contribution in [0.1, 0.15) is 23.5 Å². The third-order valence-electron chi connectivity index (χ3n) is 4.66. The fraction of sp³-hybridized carbons (Fsp3) is 0.316. The van der Waals surface area contributed by atoms with E-state index in [1.54, 1.807) is 24.3 Å². The molecule has 1 amide bonds. The molecular formula is C19H21N5O3S2. The Balaban J connectivity index is 1.38. The number of nitrogens with zero attached hydrogens (tertiary/aromatic N) is 3. The summed E-state index contributed by atoms with van der Waals surface area (Å²) in [5, 5.41) is 9.74. The number of H-pyrrole nitrogens is 1. The number of aromatic nitrogens is 3. The molecule has 29 heavy (non-hydrogen) atoms. The summed E-state index contributed by atoms with van der Waals surface area (Å²) in [7, 11) is -3.44. The summed E-state index contributed by atoms with van der Waals surface area (Å²) >= 11 is 1.16. The summed E-state index contributed by atoms with van der Waals surface area (Å²) in [5.74, 6) is 1.14. The lowest BCUT2D eigenvalue weighted by Gasteiger charge is -2.13. The standard InChI is InChI=1S/C19H21N5O3S2/c1-13-20-19(23-22-13)14-4-6-15(7-5-14)21-17(25)12-16-8-9-18(28-16)29(26,27)24-10-2-3-11-24/h4-9H,2-3,10-12H2,1H3,(H,21,25)(H,20,22,23). The molecule has 1 aliphatic heterocycles. The molecule has 3 heterocycles. The maximum atomic E-state index is 12.6. The third-order valence-corrected chi connectivity index (χ3v) is 8.11. The first-order valence-electron chi connectivity index (χ1n) is 9.30. The van der Waals surface area contributed by atoms with Crippen LogP contribution >= 0.6 is 11.3 Å². The minimum atomic E-state index is -3.44. The molecule has 152 valence electrons. The van der Waals surface area contributed by atoms with Crippen LogP contribution in [-0.2, 0) is 21.2 Å². The van der Waals surface area contributed by atoms with Crippen LogP contribution in [0.2, 0.25) is 0 Å². The first-order valence-corrected chi connectivity index (χ1v) is 11.6. The third kappa shape index (κ3) is 4.39. The van der Waals surface area contributed by atoms with Gasteiger partial charge in [0.25, 0.3) is 10.0 Å². The van der Waals surface area contributed by atoms with E-state index < -0.39 is 10.0 Å². The Morgan fingerprint density at radius 2 is 1.90 bits per heavy atom. The molecular weight excluding hydrogens is 410 g/mol. The fourth-order valence-corrected chi connectivity index (χ4v) is 6.21. The summed E-state index contributed by atoms with van der Waals surface area (Å²) in [4.78, 5) is 17.3. The van der Waals surface area contributed by atoms with Gasteiger partial charge in [-0.2, -0.15) is 9.40 Å². The van der Waals surface area contributed by atoms with Gasteiger partial charge in [-0.25, -0.2) is 13.4 Å². The second kappa shape index (κ2) is 8.05. The van der Waals surface area contributed by atoms with Crippen LogP contribution < -0.4 is 5.32 Å². The monoisotopic (exact) mass is 431 g/mol. The summed E-state index contributed by atoms with van der Waals surface area (Å²) in [6.07, 6.45) is 1.92. The minimum Gasteiger partial charge on any atom is -0.326 e.